The van der Waals surface area contributed by atoms with E-state index in [1.165, 1.54) is 19.3 Å². The molecule has 1 rings (SSSR count). The molecule has 0 aliphatic heterocycles. The van der Waals surface area contributed by atoms with Crippen molar-refractivity contribution in [1.29, 1.82) is 0 Å². The van der Waals surface area contributed by atoms with Crippen LogP contribution in [-0.4, -0.2) is 18.6 Å². The first-order chi connectivity index (χ1) is 5.12. The van der Waals surface area contributed by atoms with Gasteiger partial charge < -0.3 is 11.1 Å². The van der Waals surface area contributed by atoms with Gasteiger partial charge in [0.25, 0.3) is 0 Å². The fourth-order valence-corrected chi connectivity index (χ4v) is 1.42. The van der Waals surface area contributed by atoms with Crippen molar-refractivity contribution in [3.63, 3.8) is 0 Å². The second kappa shape index (κ2) is 3.55. The lowest BCUT2D eigenvalue weighted by Gasteiger charge is -2.38. The zero-order chi connectivity index (χ0) is 8.32. The summed E-state index contributed by atoms with van der Waals surface area (Å²) in [7, 11) is 0. The lowest BCUT2D eigenvalue weighted by Crippen LogP contribution is -2.54. The van der Waals surface area contributed by atoms with E-state index in [9.17, 15) is 0 Å². The van der Waals surface area contributed by atoms with Gasteiger partial charge in [0.1, 0.15) is 0 Å². The number of rotatable bonds is 4. The third-order valence-corrected chi connectivity index (χ3v) is 2.38. The smallest absolute Gasteiger partial charge is 0.0280 e. The first-order valence-electron chi connectivity index (χ1n) is 4.62. The van der Waals surface area contributed by atoms with Crippen LogP contribution in [0, 0.1) is 5.92 Å². The van der Waals surface area contributed by atoms with Gasteiger partial charge in [-0.05, 0) is 31.7 Å². The fourth-order valence-electron chi connectivity index (χ4n) is 1.42. The Labute approximate surface area is 69.5 Å². The molecule has 0 aromatic heterocycles. The highest BCUT2D eigenvalue weighted by molar-refractivity contribution is 4.94. The van der Waals surface area contributed by atoms with Crippen molar-refractivity contribution in [2.75, 3.05) is 13.1 Å². The molecule has 0 amide bonds. The summed E-state index contributed by atoms with van der Waals surface area (Å²) in [6.07, 6.45) is 3.73. The van der Waals surface area contributed by atoms with Crippen LogP contribution < -0.4 is 11.1 Å². The average molecular weight is 156 g/mol. The SMILES string of the molecule is CC(C)CNCC1(N)CCC1. The lowest BCUT2D eigenvalue weighted by atomic mass is 9.78. The predicted octanol–water partition coefficient (Wildman–Crippen LogP) is 1.11. The van der Waals surface area contributed by atoms with E-state index in [0.717, 1.165) is 19.0 Å². The van der Waals surface area contributed by atoms with Crippen LogP contribution in [0.25, 0.3) is 0 Å². The minimum absolute atomic E-state index is 0.148. The van der Waals surface area contributed by atoms with E-state index in [0.29, 0.717) is 0 Å². The Balaban J connectivity index is 2.02. The highest BCUT2D eigenvalue weighted by Crippen LogP contribution is 2.27. The van der Waals surface area contributed by atoms with E-state index in [-0.39, 0.29) is 5.54 Å². The molecule has 0 spiro atoms. The number of nitrogens with two attached hydrogens (primary N) is 1. The number of hydrogen-bond acceptors (Lipinski definition) is 2. The van der Waals surface area contributed by atoms with E-state index in [2.05, 4.69) is 19.2 Å². The third-order valence-electron chi connectivity index (χ3n) is 2.38. The van der Waals surface area contributed by atoms with Gasteiger partial charge in [0, 0.05) is 12.1 Å². The molecule has 0 radical (unpaired) electrons. The van der Waals surface area contributed by atoms with Crippen molar-refractivity contribution < 1.29 is 0 Å². The third kappa shape index (κ3) is 2.80. The molecule has 0 aromatic rings. The topological polar surface area (TPSA) is 38.0 Å². The molecule has 1 saturated carbocycles. The van der Waals surface area contributed by atoms with Crippen LogP contribution in [0.4, 0.5) is 0 Å². The Morgan fingerprint density at radius 1 is 1.45 bits per heavy atom. The molecule has 1 aliphatic carbocycles. The first kappa shape index (κ1) is 9.01. The molecular weight excluding hydrogens is 136 g/mol. The van der Waals surface area contributed by atoms with Crippen LogP contribution in [0.2, 0.25) is 0 Å². The van der Waals surface area contributed by atoms with Gasteiger partial charge >= 0.3 is 0 Å². The molecular formula is C9H20N2. The van der Waals surface area contributed by atoms with Crippen molar-refractivity contribution in [2.45, 2.75) is 38.6 Å². The summed E-state index contributed by atoms with van der Waals surface area (Å²) in [4.78, 5) is 0. The Kier molecular flexibility index (Phi) is 2.90. The minimum Gasteiger partial charge on any atom is -0.324 e. The van der Waals surface area contributed by atoms with Gasteiger partial charge in [0.2, 0.25) is 0 Å². The summed E-state index contributed by atoms with van der Waals surface area (Å²) in [5.41, 5.74) is 6.17. The minimum atomic E-state index is 0.148. The molecule has 1 aliphatic rings. The normalized spacial score (nSPS) is 21.8. The van der Waals surface area contributed by atoms with Crippen LogP contribution in [-0.2, 0) is 0 Å². The molecule has 0 atom stereocenters. The van der Waals surface area contributed by atoms with E-state index in [4.69, 9.17) is 5.73 Å². The van der Waals surface area contributed by atoms with Gasteiger partial charge in [-0.25, -0.2) is 0 Å². The van der Waals surface area contributed by atoms with E-state index in [1.807, 2.05) is 0 Å². The van der Waals surface area contributed by atoms with Crippen molar-refractivity contribution in [2.24, 2.45) is 11.7 Å². The highest BCUT2D eigenvalue weighted by Gasteiger charge is 2.31. The zero-order valence-corrected chi connectivity index (χ0v) is 7.69. The van der Waals surface area contributed by atoms with Gasteiger partial charge in [0.05, 0.1) is 0 Å². The largest absolute Gasteiger partial charge is 0.324 e. The summed E-state index contributed by atoms with van der Waals surface area (Å²) in [6.45, 7) is 6.54. The number of nitrogens with one attached hydrogen (secondary N) is 1. The molecule has 11 heavy (non-hydrogen) atoms. The maximum atomic E-state index is 6.03. The molecule has 1 fully saturated rings. The van der Waals surface area contributed by atoms with Gasteiger partial charge in [-0.1, -0.05) is 13.8 Å². The van der Waals surface area contributed by atoms with Crippen LogP contribution in [0.15, 0.2) is 0 Å². The lowest BCUT2D eigenvalue weighted by molar-refractivity contribution is 0.237. The van der Waals surface area contributed by atoms with Gasteiger partial charge in [0.15, 0.2) is 0 Å². The monoisotopic (exact) mass is 156 g/mol. The van der Waals surface area contributed by atoms with Gasteiger partial charge in [-0.15, -0.1) is 0 Å². The van der Waals surface area contributed by atoms with Crippen molar-refractivity contribution in [3.05, 3.63) is 0 Å². The Morgan fingerprint density at radius 2 is 2.09 bits per heavy atom. The summed E-state index contributed by atoms with van der Waals surface area (Å²) in [5, 5.41) is 3.40. The Bertz CT molecular complexity index is 117. The quantitative estimate of drug-likeness (QED) is 0.640. The summed E-state index contributed by atoms with van der Waals surface area (Å²) in [6, 6.07) is 0. The molecule has 0 unspecified atom stereocenters. The van der Waals surface area contributed by atoms with Crippen LogP contribution in [0.3, 0.4) is 0 Å². The summed E-state index contributed by atoms with van der Waals surface area (Å²) >= 11 is 0. The molecule has 2 nitrogen and oxygen atoms in total. The van der Waals surface area contributed by atoms with Crippen LogP contribution >= 0.6 is 0 Å². The average Bonchev–Trinajstić information content (AvgIpc) is 1.83. The molecule has 66 valence electrons. The Hall–Kier alpha value is -0.0800. The molecule has 0 saturated heterocycles. The van der Waals surface area contributed by atoms with Crippen molar-refractivity contribution in [3.8, 4) is 0 Å². The van der Waals surface area contributed by atoms with E-state index in [1.54, 1.807) is 0 Å². The first-order valence-corrected chi connectivity index (χ1v) is 4.62. The molecule has 0 heterocycles. The molecule has 2 heteroatoms. The van der Waals surface area contributed by atoms with E-state index < -0.39 is 0 Å². The second-order valence-electron chi connectivity index (χ2n) is 4.24. The van der Waals surface area contributed by atoms with Crippen molar-refractivity contribution >= 4 is 0 Å². The fraction of sp³-hybridized carbons (Fsp3) is 1.00. The summed E-state index contributed by atoms with van der Waals surface area (Å²) in [5.74, 6) is 0.735. The summed E-state index contributed by atoms with van der Waals surface area (Å²) < 4.78 is 0. The Morgan fingerprint density at radius 3 is 2.45 bits per heavy atom. The van der Waals surface area contributed by atoms with Gasteiger partial charge in [-0.3, -0.25) is 0 Å². The maximum Gasteiger partial charge on any atom is 0.0280 e. The predicted molar refractivity (Wildman–Crippen MR) is 48.5 cm³/mol. The molecule has 3 N–H and O–H groups in total. The molecule has 0 aromatic carbocycles. The second-order valence-corrected chi connectivity index (χ2v) is 4.24. The maximum absolute atomic E-state index is 6.03. The van der Waals surface area contributed by atoms with Crippen molar-refractivity contribution in [1.82, 2.24) is 5.32 Å². The standard InChI is InChI=1S/C9H20N2/c1-8(2)6-11-7-9(10)4-3-5-9/h8,11H,3-7,10H2,1-2H3. The van der Waals surface area contributed by atoms with Gasteiger partial charge in [-0.2, -0.15) is 0 Å². The zero-order valence-electron chi connectivity index (χ0n) is 7.69. The molecule has 0 bridgehead atoms. The van der Waals surface area contributed by atoms with Crippen LogP contribution in [0.5, 0.6) is 0 Å². The highest BCUT2D eigenvalue weighted by atomic mass is 14.9. The van der Waals surface area contributed by atoms with Crippen LogP contribution in [0.1, 0.15) is 33.1 Å². The number of hydrogen-bond donors (Lipinski definition) is 2. The van der Waals surface area contributed by atoms with E-state index >= 15 is 0 Å².